The fourth-order valence-electron chi connectivity index (χ4n) is 5.85. The number of aromatic nitrogens is 3. The third-order valence-electron chi connectivity index (χ3n) is 8.14. The molecule has 0 bridgehead atoms. The van der Waals surface area contributed by atoms with Gasteiger partial charge in [0, 0.05) is 33.0 Å². The van der Waals surface area contributed by atoms with Gasteiger partial charge in [-0.1, -0.05) is 97.1 Å². The molecule has 8 rings (SSSR count). The summed E-state index contributed by atoms with van der Waals surface area (Å²) in [6.45, 7) is 7.58. The zero-order valence-corrected chi connectivity index (χ0v) is 24.9. The first-order chi connectivity index (χ1) is 23.2. The average molecular weight is 602 g/mol. The van der Waals surface area contributed by atoms with Crippen molar-refractivity contribution in [1.29, 1.82) is 5.26 Å². The van der Waals surface area contributed by atoms with E-state index in [2.05, 4.69) is 23.0 Å². The van der Waals surface area contributed by atoms with Crippen molar-refractivity contribution in [2.45, 2.75) is 0 Å². The summed E-state index contributed by atoms with van der Waals surface area (Å²) in [6.07, 6.45) is 0. The number of hydrogen-bond acceptors (Lipinski definition) is 5. The van der Waals surface area contributed by atoms with E-state index in [4.69, 9.17) is 25.9 Å². The van der Waals surface area contributed by atoms with E-state index in [0.717, 1.165) is 49.7 Å². The Morgan fingerprint density at radius 1 is 0.532 bits per heavy atom. The predicted molar refractivity (Wildman–Crippen MR) is 185 cm³/mol. The Morgan fingerprint density at radius 2 is 1.17 bits per heavy atom. The second kappa shape index (κ2) is 11.6. The molecule has 6 nitrogen and oxygen atoms in total. The van der Waals surface area contributed by atoms with Crippen molar-refractivity contribution >= 4 is 27.6 Å². The van der Waals surface area contributed by atoms with Crippen molar-refractivity contribution in [2.24, 2.45) is 0 Å². The van der Waals surface area contributed by atoms with Crippen LogP contribution in [0.1, 0.15) is 5.56 Å². The molecule has 0 aliphatic heterocycles. The van der Waals surface area contributed by atoms with Crippen LogP contribution in [0.2, 0.25) is 0 Å². The fraction of sp³-hybridized carbons (Fsp3) is 0. The second-order valence-corrected chi connectivity index (χ2v) is 11.1. The second-order valence-electron chi connectivity index (χ2n) is 11.1. The van der Waals surface area contributed by atoms with Crippen LogP contribution >= 0.6 is 0 Å². The van der Waals surface area contributed by atoms with Gasteiger partial charge in [0.25, 0.3) is 0 Å². The average Bonchev–Trinajstić information content (AvgIpc) is 3.53. The van der Waals surface area contributed by atoms with Gasteiger partial charge in [-0.05, 0) is 59.2 Å². The first-order valence-electron chi connectivity index (χ1n) is 15.0. The molecule has 2 aromatic heterocycles. The minimum atomic E-state index is 0.541. The van der Waals surface area contributed by atoms with Gasteiger partial charge >= 0.3 is 0 Å². The summed E-state index contributed by atoms with van der Waals surface area (Å²) in [5.41, 5.74) is 8.73. The van der Waals surface area contributed by atoms with Crippen molar-refractivity contribution in [3.05, 3.63) is 157 Å². The summed E-state index contributed by atoms with van der Waals surface area (Å²) in [4.78, 5) is 18.3. The van der Waals surface area contributed by atoms with E-state index >= 15 is 0 Å². The van der Waals surface area contributed by atoms with Gasteiger partial charge in [-0.15, -0.1) is 0 Å². The van der Waals surface area contributed by atoms with Crippen molar-refractivity contribution in [3.63, 3.8) is 0 Å². The van der Waals surface area contributed by atoms with Crippen LogP contribution in [0.25, 0.3) is 83.2 Å². The molecule has 0 amide bonds. The van der Waals surface area contributed by atoms with E-state index in [0.29, 0.717) is 39.9 Å². The van der Waals surface area contributed by atoms with Crippen molar-refractivity contribution < 1.29 is 4.42 Å². The molecule has 0 saturated carbocycles. The Hall–Kier alpha value is -6.89. The zero-order chi connectivity index (χ0) is 31.7. The SMILES string of the molecule is [C-]#[N+]c1cccc(-c2cc(-c3cccc(C#N)c3)cc3c2oc2cc(-c4nc(-c5ccccc5)nc(-c5ccccc5)n4)ccc23)c1. The van der Waals surface area contributed by atoms with Gasteiger partial charge in [-0.25, -0.2) is 19.8 Å². The van der Waals surface area contributed by atoms with Gasteiger partial charge in [0.1, 0.15) is 11.2 Å². The van der Waals surface area contributed by atoms with E-state index < -0.39 is 0 Å². The lowest BCUT2D eigenvalue weighted by Crippen LogP contribution is -2.00. The van der Waals surface area contributed by atoms with Gasteiger partial charge in [-0.3, -0.25) is 0 Å². The maximum absolute atomic E-state index is 9.56. The fourth-order valence-corrected chi connectivity index (χ4v) is 5.85. The third-order valence-corrected chi connectivity index (χ3v) is 8.14. The molecule has 6 aromatic carbocycles. The Morgan fingerprint density at radius 3 is 1.85 bits per heavy atom. The molecule has 0 radical (unpaired) electrons. The van der Waals surface area contributed by atoms with E-state index in [1.165, 1.54) is 0 Å². The maximum atomic E-state index is 9.56. The molecule has 0 N–H and O–H groups in total. The van der Waals surface area contributed by atoms with E-state index in [-0.39, 0.29) is 0 Å². The Labute approximate surface area is 270 Å². The number of nitrogens with zero attached hydrogens (tertiary/aromatic N) is 5. The highest BCUT2D eigenvalue weighted by molar-refractivity contribution is 6.12. The first kappa shape index (κ1) is 27.6. The molecule has 0 aliphatic rings. The van der Waals surface area contributed by atoms with E-state index in [1.807, 2.05) is 115 Å². The number of furan rings is 1. The standard InChI is InChI=1S/C41H23N5O/c1-43-33-17-9-16-30(21-33)35-22-32(29-15-8-10-26(20-29)25-42)23-36-34-19-18-31(24-37(34)47-38(35)36)41-45-39(27-11-4-2-5-12-27)44-40(46-41)28-13-6-3-7-14-28/h2-24H. The van der Waals surface area contributed by atoms with Crippen LogP contribution in [-0.2, 0) is 0 Å². The molecule has 6 heteroatoms. The molecule has 47 heavy (non-hydrogen) atoms. The summed E-state index contributed by atoms with van der Waals surface area (Å²) in [5.74, 6) is 1.72. The van der Waals surface area contributed by atoms with Crippen LogP contribution in [0.15, 0.2) is 144 Å². The highest BCUT2D eigenvalue weighted by Crippen LogP contribution is 2.41. The van der Waals surface area contributed by atoms with Gasteiger partial charge in [0.2, 0.25) is 0 Å². The smallest absolute Gasteiger partial charge is 0.187 e. The predicted octanol–water partition coefficient (Wildman–Crippen LogP) is 10.5. The maximum Gasteiger partial charge on any atom is 0.187 e. The summed E-state index contributed by atoms with van der Waals surface area (Å²) >= 11 is 0. The van der Waals surface area contributed by atoms with Crippen LogP contribution in [0.3, 0.4) is 0 Å². The third kappa shape index (κ3) is 5.17. The quantitative estimate of drug-likeness (QED) is 0.183. The highest BCUT2D eigenvalue weighted by atomic mass is 16.3. The number of fused-ring (bicyclic) bond motifs is 3. The van der Waals surface area contributed by atoms with Crippen LogP contribution < -0.4 is 0 Å². The number of nitriles is 1. The van der Waals surface area contributed by atoms with Crippen LogP contribution in [0.4, 0.5) is 5.69 Å². The zero-order valence-electron chi connectivity index (χ0n) is 24.9. The summed E-state index contributed by atoms with van der Waals surface area (Å²) in [7, 11) is 0. The molecule has 0 aliphatic carbocycles. The normalized spacial score (nSPS) is 10.9. The van der Waals surface area contributed by atoms with E-state index in [1.54, 1.807) is 12.1 Å². The Kier molecular flexibility index (Phi) is 6.80. The van der Waals surface area contributed by atoms with Gasteiger partial charge in [0.15, 0.2) is 23.2 Å². The lowest BCUT2D eigenvalue weighted by molar-refractivity contribution is 0.670. The Bertz CT molecular complexity index is 2480. The van der Waals surface area contributed by atoms with Crippen molar-refractivity contribution in [2.75, 3.05) is 0 Å². The van der Waals surface area contributed by atoms with Crippen LogP contribution in [0, 0.1) is 17.9 Å². The lowest BCUT2D eigenvalue weighted by Gasteiger charge is -2.09. The molecule has 8 aromatic rings. The molecule has 0 unspecified atom stereocenters. The number of hydrogen-bond donors (Lipinski definition) is 0. The largest absolute Gasteiger partial charge is 0.455 e. The molecule has 0 saturated heterocycles. The van der Waals surface area contributed by atoms with Crippen molar-refractivity contribution in [3.8, 4) is 62.5 Å². The van der Waals surface area contributed by atoms with Crippen LogP contribution in [0.5, 0.6) is 0 Å². The van der Waals surface area contributed by atoms with Gasteiger partial charge < -0.3 is 4.42 Å². The monoisotopic (exact) mass is 601 g/mol. The Balaban J connectivity index is 1.34. The molecule has 0 spiro atoms. The highest BCUT2D eigenvalue weighted by Gasteiger charge is 2.18. The van der Waals surface area contributed by atoms with Gasteiger partial charge in [-0.2, -0.15) is 5.26 Å². The van der Waals surface area contributed by atoms with Crippen LogP contribution in [-0.4, -0.2) is 15.0 Å². The lowest BCUT2D eigenvalue weighted by atomic mass is 9.95. The summed E-state index contributed by atoms with van der Waals surface area (Å²) < 4.78 is 6.64. The topological polar surface area (TPSA) is 80.0 Å². The molecular formula is C41H23N5O. The molecule has 2 heterocycles. The molecular weight excluding hydrogens is 578 g/mol. The molecule has 218 valence electrons. The summed E-state index contributed by atoms with van der Waals surface area (Å²) in [5, 5.41) is 11.4. The van der Waals surface area contributed by atoms with Gasteiger partial charge in [0.05, 0.1) is 18.2 Å². The minimum absolute atomic E-state index is 0.541. The molecule has 0 atom stereocenters. The minimum Gasteiger partial charge on any atom is -0.455 e. The number of benzene rings is 6. The number of rotatable bonds is 5. The summed E-state index contributed by atoms with van der Waals surface area (Å²) in [6, 6.07) is 47.3. The van der Waals surface area contributed by atoms with Crippen molar-refractivity contribution in [1.82, 2.24) is 15.0 Å². The first-order valence-corrected chi connectivity index (χ1v) is 15.0. The van der Waals surface area contributed by atoms with E-state index in [9.17, 15) is 5.26 Å². The molecule has 0 fully saturated rings.